The summed E-state index contributed by atoms with van der Waals surface area (Å²) >= 11 is 5.86. The fraction of sp³-hybridized carbons (Fsp3) is 0.444. The quantitative estimate of drug-likeness (QED) is 0.797. The Hall–Kier alpha value is -0.500. The van der Waals surface area contributed by atoms with Gasteiger partial charge in [0.25, 0.3) is 0 Å². The molecular formula is C9H14N2O2S3. The summed E-state index contributed by atoms with van der Waals surface area (Å²) in [6.07, 6.45) is 0. The third-order valence-corrected chi connectivity index (χ3v) is 5.15. The van der Waals surface area contributed by atoms with Crippen LogP contribution in [-0.2, 0) is 10.0 Å². The highest BCUT2D eigenvalue weighted by molar-refractivity contribution is 7.91. The van der Waals surface area contributed by atoms with Gasteiger partial charge in [-0.2, -0.15) is 0 Å². The van der Waals surface area contributed by atoms with Gasteiger partial charge in [0.15, 0.2) is 0 Å². The van der Waals surface area contributed by atoms with Crippen molar-refractivity contribution in [3.05, 3.63) is 17.0 Å². The predicted octanol–water partition coefficient (Wildman–Crippen LogP) is 1.32. The highest BCUT2D eigenvalue weighted by Gasteiger charge is 2.17. The zero-order valence-electron chi connectivity index (χ0n) is 9.06. The minimum atomic E-state index is -3.41. The van der Waals surface area contributed by atoms with E-state index in [0.29, 0.717) is 11.4 Å². The van der Waals surface area contributed by atoms with Crippen molar-refractivity contribution in [2.45, 2.75) is 18.1 Å². The molecule has 3 N–H and O–H groups in total. The summed E-state index contributed by atoms with van der Waals surface area (Å²) in [6.45, 7) is 4.30. The lowest BCUT2D eigenvalue weighted by molar-refractivity contribution is 0.562. The number of hydrogen-bond donors (Lipinski definition) is 2. The molecule has 4 nitrogen and oxygen atoms in total. The van der Waals surface area contributed by atoms with Crippen molar-refractivity contribution in [3.8, 4) is 0 Å². The summed E-state index contributed by atoms with van der Waals surface area (Å²) in [5.41, 5.74) is 5.42. The molecule has 90 valence electrons. The summed E-state index contributed by atoms with van der Waals surface area (Å²) in [6, 6.07) is 3.14. The Labute approximate surface area is 105 Å². The van der Waals surface area contributed by atoms with Gasteiger partial charge in [-0.25, -0.2) is 13.1 Å². The Morgan fingerprint density at radius 1 is 1.56 bits per heavy atom. The second-order valence-electron chi connectivity index (χ2n) is 3.73. The van der Waals surface area contributed by atoms with E-state index in [1.807, 2.05) is 13.8 Å². The van der Waals surface area contributed by atoms with E-state index in [1.165, 1.54) is 6.07 Å². The lowest BCUT2D eigenvalue weighted by atomic mass is 10.2. The van der Waals surface area contributed by atoms with E-state index in [0.717, 1.165) is 11.3 Å². The van der Waals surface area contributed by atoms with Crippen LogP contribution < -0.4 is 10.5 Å². The molecular weight excluding hydrogens is 264 g/mol. The van der Waals surface area contributed by atoms with Crippen LogP contribution in [0.15, 0.2) is 16.3 Å². The van der Waals surface area contributed by atoms with Crippen LogP contribution >= 0.6 is 23.6 Å². The molecule has 1 rings (SSSR count). The number of rotatable bonds is 5. The molecule has 1 aromatic rings. The lowest BCUT2D eigenvalue weighted by Gasteiger charge is -2.06. The number of thiocarbonyl (C=S) groups is 1. The smallest absolute Gasteiger partial charge is 0.250 e. The zero-order chi connectivity index (χ0) is 12.3. The van der Waals surface area contributed by atoms with Crippen molar-refractivity contribution in [3.63, 3.8) is 0 Å². The average molecular weight is 278 g/mol. The molecule has 0 radical (unpaired) electrons. The molecule has 0 atom stereocenters. The molecule has 0 aliphatic carbocycles. The highest BCUT2D eigenvalue weighted by atomic mass is 32.2. The van der Waals surface area contributed by atoms with Crippen LogP contribution in [0.5, 0.6) is 0 Å². The normalized spacial score (nSPS) is 11.9. The van der Waals surface area contributed by atoms with Gasteiger partial charge in [0, 0.05) is 6.54 Å². The topological polar surface area (TPSA) is 72.2 Å². The maximum atomic E-state index is 11.8. The third-order valence-electron chi connectivity index (χ3n) is 1.77. The first kappa shape index (κ1) is 13.6. The maximum absolute atomic E-state index is 11.8. The Kier molecular flexibility index (Phi) is 4.43. The minimum Gasteiger partial charge on any atom is -0.389 e. The molecule has 0 aliphatic rings. The van der Waals surface area contributed by atoms with Crippen molar-refractivity contribution in [1.82, 2.24) is 4.72 Å². The average Bonchev–Trinajstić information content (AvgIpc) is 2.64. The van der Waals surface area contributed by atoms with E-state index in [9.17, 15) is 8.42 Å². The largest absolute Gasteiger partial charge is 0.389 e. The van der Waals surface area contributed by atoms with Crippen LogP contribution in [0, 0.1) is 5.92 Å². The number of nitrogens with two attached hydrogens (primary N) is 1. The van der Waals surface area contributed by atoms with Crippen LogP contribution in [-0.4, -0.2) is 20.0 Å². The molecule has 16 heavy (non-hydrogen) atoms. The van der Waals surface area contributed by atoms with Gasteiger partial charge >= 0.3 is 0 Å². The highest BCUT2D eigenvalue weighted by Crippen LogP contribution is 2.21. The van der Waals surface area contributed by atoms with Gasteiger partial charge in [-0.15, -0.1) is 11.3 Å². The summed E-state index contributed by atoms with van der Waals surface area (Å²) in [5, 5.41) is 0. The second-order valence-corrected chi connectivity index (χ2v) is 7.25. The van der Waals surface area contributed by atoms with Crippen molar-refractivity contribution < 1.29 is 8.42 Å². The molecule has 7 heteroatoms. The first-order chi connectivity index (χ1) is 7.33. The van der Waals surface area contributed by atoms with Crippen LogP contribution in [0.4, 0.5) is 0 Å². The fourth-order valence-corrected chi connectivity index (χ4v) is 3.55. The van der Waals surface area contributed by atoms with Crippen LogP contribution in [0.25, 0.3) is 0 Å². The first-order valence-electron chi connectivity index (χ1n) is 4.72. The van der Waals surface area contributed by atoms with Gasteiger partial charge in [0.05, 0.1) is 4.88 Å². The van der Waals surface area contributed by atoms with Gasteiger partial charge in [0.2, 0.25) is 10.0 Å². The summed E-state index contributed by atoms with van der Waals surface area (Å²) in [4.78, 5) is 0.829. The van der Waals surface area contributed by atoms with E-state index in [2.05, 4.69) is 4.72 Å². The molecule has 0 spiro atoms. The molecule has 0 aromatic carbocycles. The number of nitrogens with one attached hydrogen (secondary N) is 1. The van der Waals surface area contributed by atoms with Crippen molar-refractivity contribution in [2.75, 3.05) is 6.54 Å². The van der Waals surface area contributed by atoms with Gasteiger partial charge in [-0.1, -0.05) is 26.1 Å². The SMILES string of the molecule is CC(C)CNS(=O)(=O)c1ccc(C(N)=S)s1. The molecule has 0 fully saturated rings. The zero-order valence-corrected chi connectivity index (χ0v) is 11.5. The molecule has 0 saturated carbocycles. The van der Waals surface area contributed by atoms with Crippen molar-refractivity contribution in [2.24, 2.45) is 11.7 Å². The number of thiophene rings is 1. The van der Waals surface area contributed by atoms with Crippen LogP contribution in [0.1, 0.15) is 18.7 Å². The molecule has 0 bridgehead atoms. The molecule has 1 aromatic heterocycles. The van der Waals surface area contributed by atoms with Gasteiger partial charge in [-0.3, -0.25) is 0 Å². The molecule has 0 unspecified atom stereocenters. The number of sulfonamides is 1. The van der Waals surface area contributed by atoms with Gasteiger partial charge in [-0.05, 0) is 18.1 Å². The fourth-order valence-electron chi connectivity index (χ4n) is 0.945. The van der Waals surface area contributed by atoms with Crippen LogP contribution in [0.3, 0.4) is 0 Å². The van der Waals surface area contributed by atoms with Gasteiger partial charge in [0.1, 0.15) is 9.20 Å². The van der Waals surface area contributed by atoms with E-state index < -0.39 is 10.0 Å². The molecule has 0 saturated heterocycles. The van der Waals surface area contributed by atoms with Crippen molar-refractivity contribution >= 4 is 38.6 Å². The summed E-state index contributed by atoms with van der Waals surface area (Å²) in [5.74, 6) is 0.268. The Bertz CT molecular complexity index is 477. The van der Waals surface area contributed by atoms with E-state index in [-0.39, 0.29) is 15.1 Å². The Morgan fingerprint density at radius 2 is 2.19 bits per heavy atom. The third kappa shape index (κ3) is 3.51. The van der Waals surface area contributed by atoms with E-state index >= 15 is 0 Å². The molecule has 0 aliphatic heterocycles. The summed E-state index contributed by atoms with van der Waals surface area (Å²) in [7, 11) is -3.41. The van der Waals surface area contributed by atoms with Crippen LogP contribution in [0.2, 0.25) is 0 Å². The number of hydrogen-bond acceptors (Lipinski definition) is 4. The van der Waals surface area contributed by atoms with Gasteiger partial charge < -0.3 is 5.73 Å². The minimum absolute atomic E-state index is 0.218. The molecule has 1 heterocycles. The lowest BCUT2D eigenvalue weighted by Crippen LogP contribution is -2.26. The van der Waals surface area contributed by atoms with Crippen molar-refractivity contribution in [1.29, 1.82) is 0 Å². The monoisotopic (exact) mass is 278 g/mol. The Morgan fingerprint density at radius 3 is 2.62 bits per heavy atom. The first-order valence-corrected chi connectivity index (χ1v) is 7.43. The maximum Gasteiger partial charge on any atom is 0.250 e. The van der Waals surface area contributed by atoms with E-state index in [1.54, 1.807) is 6.07 Å². The predicted molar refractivity (Wildman–Crippen MR) is 70.2 cm³/mol. The standard InChI is InChI=1S/C9H14N2O2S3/c1-6(2)5-11-16(12,13)8-4-3-7(15-8)9(10)14/h3-4,6,11H,5H2,1-2H3,(H2,10,14). The Balaban J connectivity index is 2.86. The van der Waals surface area contributed by atoms with E-state index in [4.69, 9.17) is 18.0 Å². The molecule has 0 amide bonds. The second kappa shape index (κ2) is 5.22. The summed E-state index contributed by atoms with van der Waals surface area (Å²) < 4.78 is 26.3.